The third kappa shape index (κ3) is 3.13. The second-order valence-corrected chi connectivity index (χ2v) is 3.69. The maximum Gasteiger partial charge on any atom is 0.145 e. The molecule has 1 aromatic rings. The van der Waals surface area contributed by atoms with E-state index >= 15 is 0 Å². The molecule has 0 aromatic heterocycles. The van der Waals surface area contributed by atoms with Gasteiger partial charge in [0.2, 0.25) is 0 Å². The van der Waals surface area contributed by atoms with Gasteiger partial charge in [0.1, 0.15) is 23.8 Å². The number of allylic oxidation sites excluding steroid dienone is 1. The van der Waals surface area contributed by atoms with E-state index in [-0.39, 0.29) is 16.2 Å². The number of halogens is 2. The lowest BCUT2D eigenvalue weighted by Crippen LogP contribution is -1.94. The molecule has 0 saturated heterocycles. The summed E-state index contributed by atoms with van der Waals surface area (Å²) in [4.78, 5) is 0. The highest BCUT2D eigenvalue weighted by Crippen LogP contribution is 2.29. The Morgan fingerprint density at radius 3 is 2.35 bits per heavy atom. The number of nitrogens with one attached hydrogen (secondary N) is 1. The number of nitrogens with zero attached hydrogens (tertiary/aromatic N) is 3. The van der Waals surface area contributed by atoms with Gasteiger partial charge >= 0.3 is 0 Å². The van der Waals surface area contributed by atoms with Crippen LogP contribution in [-0.2, 0) is 0 Å². The highest BCUT2D eigenvalue weighted by Gasteiger charge is 2.08. The van der Waals surface area contributed by atoms with Crippen molar-refractivity contribution >= 4 is 28.9 Å². The summed E-state index contributed by atoms with van der Waals surface area (Å²) in [5.74, 6) is 0. The molecule has 4 nitrogen and oxygen atoms in total. The molecule has 0 fully saturated rings. The third-order valence-corrected chi connectivity index (χ3v) is 2.29. The molecule has 1 rings (SSSR count). The second-order valence-electron chi connectivity index (χ2n) is 2.85. The number of rotatable bonds is 2. The minimum absolute atomic E-state index is 0.125. The van der Waals surface area contributed by atoms with Gasteiger partial charge in [-0.25, -0.2) is 0 Å². The quantitative estimate of drug-likeness (QED) is 0.830. The summed E-state index contributed by atoms with van der Waals surface area (Å²) in [7, 11) is 0. The standard InChI is InChI=1S/C11H4Cl2N4/c12-9-1-8(5-16)11(10(13)2-9)17-6-7(3-14)4-15/h1-2,6,17H. The molecule has 0 unspecified atom stereocenters. The van der Waals surface area contributed by atoms with Crippen LogP contribution in [0.5, 0.6) is 0 Å². The maximum absolute atomic E-state index is 8.89. The van der Waals surface area contributed by atoms with Crippen LogP contribution in [0, 0.1) is 34.0 Å². The largest absolute Gasteiger partial charge is 0.358 e. The van der Waals surface area contributed by atoms with Crippen LogP contribution in [0.4, 0.5) is 5.69 Å². The molecule has 0 saturated carbocycles. The highest BCUT2D eigenvalue weighted by atomic mass is 35.5. The summed E-state index contributed by atoms with van der Waals surface area (Å²) >= 11 is 11.6. The van der Waals surface area contributed by atoms with E-state index in [1.165, 1.54) is 18.3 Å². The van der Waals surface area contributed by atoms with Crippen LogP contribution in [0.15, 0.2) is 23.9 Å². The summed E-state index contributed by atoms with van der Waals surface area (Å²) in [6, 6.07) is 8.15. The Morgan fingerprint density at radius 2 is 1.82 bits per heavy atom. The van der Waals surface area contributed by atoms with Crippen molar-refractivity contribution in [2.24, 2.45) is 0 Å². The first-order valence-corrected chi connectivity index (χ1v) is 5.04. The fourth-order valence-electron chi connectivity index (χ4n) is 1.04. The van der Waals surface area contributed by atoms with E-state index < -0.39 is 0 Å². The summed E-state index contributed by atoms with van der Waals surface area (Å²) in [5.41, 5.74) is 0.412. The van der Waals surface area contributed by atoms with Crippen molar-refractivity contribution in [3.8, 4) is 18.2 Å². The first-order chi connectivity index (χ1) is 8.12. The predicted octanol–water partition coefficient (Wildman–Crippen LogP) is 3.21. The van der Waals surface area contributed by atoms with Crippen LogP contribution in [0.1, 0.15) is 5.56 Å². The van der Waals surface area contributed by atoms with Crippen molar-refractivity contribution in [2.75, 3.05) is 5.32 Å². The number of anilines is 1. The molecule has 1 N–H and O–H groups in total. The molecule has 0 bridgehead atoms. The Labute approximate surface area is 108 Å². The normalized spacial score (nSPS) is 8.41. The lowest BCUT2D eigenvalue weighted by Gasteiger charge is -2.06. The first-order valence-electron chi connectivity index (χ1n) is 4.28. The van der Waals surface area contributed by atoms with Gasteiger partial charge in [-0.1, -0.05) is 23.2 Å². The van der Waals surface area contributed by atoms with Gasteiger partial charge in [0.25, 0.3) is 0 Å². The van der Waals surface area contributed by atoms with Gasteiger partial charge in [-0.05, 0) is 12.1 Å². The maximum atomic E-state index is 8.89. The number of hydrogen-bond donors (Lipinski definition) is 1. The number of hydrogen-bond acceptors (Lipinski definition) is 4. The van der Waals surface area contributed by atoms with Crippen LogP contribution in [0.2, 0.25) is 10.0 Å². The van der Waals surface area contributed by atoms with E-state index in [1.807, 2.05) is 6.07 Å². The fraction of sp³-hybridized carbons (Fsp3) is 0. The lowest BCUT2D eigenvalue weighted by atomic mass is 10.2. The Bertz CT molecular complexity index is 584. The third-order valence-electron chi connectivity index (χ3n) is 1.78. The van der Waals surface area contributed by atoms with Gasteiger partial charge < -0.3 is 5.32 Å². The van der Waals surface area contributed by atoms with Crippen LogP contribution in [0.3, 0.4) is 0 Å². The van der Waals surface area contributed by atoms with Gasteiger partial charge in [0.15, 0.2) is 0 Å². The van der Waals surface area contributed by atoms with Gasteiger partial charge in [-0.2, -0.15) is 15.8 Å². The molecular weight excluding hydrogens is 259 g/mol. The first kappa shape index (κ1) is 12.9. The van der Waals surface area contributed by atoms with Crippen LogP contribution < -0.4 is 5.32 Å². The van der Waals surface area contributed by atoms with E-state index in [9.17, 15) is 0 Å². The van der Waals surface area contributed by atoms with Crippen molar-refractivity contribution < 1.29 is 0 Å². The highest BCUT2D eigenvalue weighted by molar-refractivity contribution is 6.36. The Kier molecular flexibility index (Phi) is 4.37. The number of nitriles is 3. The molecular formula is C11H4Cl2N4. The average Bonchev–Trinajstić information content (AvgIpc) is 2.31. The minimum atomic E-state index is -0.125. The van der Waals surface area contributed by atoms with Gasteiger partial charge in [-0.3, -0.25) is 0 Å². The predicted molar refractivity (Wildman–Crippen MR) is 64.1 cm³/mol. The van der Waals surface area contributed by atoms with Gasteiger partial charge in [0, 0.05) is 11.2 Å². The zero-order valence-corrected chi connectivity index (χ0v) is 9.84. The van der Waals surface area contributed by atoms with Crippen LogP contribution in [0.25, 0.3) is 0 Å². The van der Waals surface area contributed by atoms with E-state index in [1.54, 1.807) is 12.1 Å². The summed E-state index contributed by atoms with van der Waals surface area (Å²) in [6.07, 6.45) is 1.18. The molecule has 1 aromatic carbocycles. The average molecular weight is 263 g/mol. The van der Waals surface area contributed by atoms with Crippen molar-refractivity contribution in [2.45, 2.75) is 0 Å². The van der Waals surface area contributed by atoms with Crippen molar-refractivity contribution in [1.82, 2.24) is 0 Å². The van der Waals surface area contributed by atoms with E-state index in [4.69, 9.17) is 39.0 Å². The molecule has 82 valence electrons. The summed E-state index contributed by atoms with van der Waals surface area (Å²) in [6.45, 7) is 0. The molecule has 0 spiro atoms. The monoisotopic (exact) mass is 262 g/mol. The molecule has 0 aliphatic carbocycles. The SMILES string of the molecule is N#CC(C#N)=CNc1c(Cl)cc(Cl)cc1C#N. The molecule has 0 radical (unpaired) electrons. The molecule has 0 aliphatic rings. The van der Waals surface area contributed by atoms with Crippen LogP contribution >= 0.6 is 23.2 Å². The Hall–Kier alpha value is -2.19. The topological polar surface area (TPSA) is 83.4 Å². The smallest absolute Gasteiger partial charge is 0.145 e. The molecule has 0 heterocycles. The van der Waals surface area contributed by atoms with E-state index in [0.717, 1.165) is 0 Å². The van der Waals surface area contributed by atoms with Gasteiger partial charge in [-0.15, -0.1) is 0 Å². The second kappa shape index (κ2) is 5.77. The zero-order valence-electron chi connectivity index (χ0n) is 8.33. The van der Waals surface area contributed by atoms with Crippen molar-refractivity contribution in [1.29, 1.82) is 15.8 Å². The van der Waals surface area contributed by atoms with Crippen molar-refractivity contribution in [3.05, 3.63) is 39.5 Å². The molecule has 0 atom stereocenters. The van der Waals surface area contributed by atoms with Gasteiger partial charge in [0.05, 0.1) is 16.3 Å². The lowest BCUT2D eigenvalue weighted by molar-refractivity contribution is 1.43. The molecule has 0 amide bonds. The summed E-state index contributed by atoms with van der Waals surface area (Å²) < 4.78 is 0. The Balaban J connectivity index is 3.18. The fourth-order valence-corrected chi connectivity index (χ4v) is 1.59. The summed E-state index contributed by atoms with van der Waals surface area (Å²) in [5, 5.41) is 29.2. The minimum Gasteiger partial charge on any atom is -0.358 e. The van der Waals surface area contributed by atoms with Crippen LogP contribution in [-0.4, -0.2) is 0 Å². The number of benzene rings is 1. The Morgan fingerprint density at radius 1 is 1.18 bits per heavy atom. The molecule has 0 aliphatic heterocycles. The zero-order chi connectivity index (χ0) is 12.8. The van der Waals surface area contributed by atoms with E-state index in [0.29, 0.717) is 10.7 Å². The molecule has 6 heteroatoms. The molecule has 17 heavy (non-hydrogen) atoms. The van der Waals surface area contributed by atoms with E-state index in [2.05, 4.69) is 5.32 Å². The van der Waals surface area contributed by atoms with Crippen molar-refractivity contribution in [3.63, 3.8) is 0 Å².